The molecule has 2 aliphatic rings. The van der Waals surface area contributed by atoms with Crippen LogP contribution in [0.25, 0.3) is 6.08 Å². The Morgan fingerprint density at radius 2 is 1.93 bits per heavy atom. The van der Waals surface area contributed by atoms with Crippen molar-refractivity contribution in [3.63, 3.8) is 0 Å². The molecule has 0 aliphatic carbocycles. The number of carbonyl (C=O) groups is 2. The summed E-state index contributed by atoms with van der Waals surface area (Å²) in [6, 6.07) is 5.41. The Morgan fingerprint density at radius 1 is 1.22 bits per heavy atom. The van der Waals surface area contributed by atoms with Crippen molar-refractivity contribution in [1.29, 1.82) is 0 Å². The van der Waals surface area contributed by atoms with E-state index in [-0.39, 0.29) is 12.7 Å². The average molecular weight is 394 g/mol. The fraction of sp³-hybridized carbons (Fsp3) is 0.444. The molecule has 1 saturated heterocycles. The van der Waals surface area contributed by atoms with Crippen LogP contribution in [0.2, 0.25) is 0 Å². The molecule has 3 rings (SSSR count). The highest BCUT2D eigenvalue weighted by Gasteiger charge is 2.32. The van der Waals surface area contributed by atoms with E-state index >= 15 is 0 Å². The predicted molar refractivity (Wildman–Crippen MR) is 99.1 cm³/mol. The lowest BCUT2D eigenvalue weighted by Crippen LogP contribution is -2.43. The Morgan fingerprint density at radius 3 is 2.63 bits per heavy atom. The second kappa shape index (κ2) is 7.99. The first-order valence-corrected chi connectivity index (χ1v) is 10.4. The van der Waals surface area contributed by atoms with E-state index in [9.17, 15) is 18.0 Å². The van der Waals surface area contributed by atoms with Crippen molar-refractivity contribution in [2.45, 2.75) is 18.1 Å². The Hall–Kier alpha value is -2.55. The molecule has 0 spiro atoms. The average Bonchev–Trinajstić information content (AvgIpc) is 3.13. The van der Waals surface area contributed by atoms with E-state index in [1.165, 1.54) is 13.1 Å². The van der Waals surface area contributed by atoms with Crippen molar-refractivity contribution in [3.8, 4) is 11.5 Å². The molecular weight excluding hydrogens is 372 g/mol. The summed E-state index contributed by atoms with van der Waals surface area (Å²) in [7, 11) is -2.09. The van der Waals surface area contributed by atoms with Crippen LogP contribution in [0.4, 0.5) is 0 Å². The maximum atomic E-state index is 12.4. The van der Waals surface area contributed by atoms with E-state index in [0.717, 1.165) is 5.56 Å². The quantitative estimate of drug-likeness (QED) is 0.733. The Bertz CT molecular complexity index is 857. The lowest BCUT2D eigenvalue weighted by molar-refractivity contribution is -0.126. The number of carbonyl (C=O) groups excluding carboxylic acids is 2. The monoisotopic (exact) mass is 394 g/mol. The molecule has 27 heavy (non-hydrogen) atoms. The van der Waals surface area contributed by atoms with E-state index in [1.807, 2.05) is 6.07 Å². The van der Waals surface area contributed by atoms with Gasteiger partial charge in [-0.15, -0.1) is 0 Å². The van der Waals surface area contributed by atoms with E-state index in [0.29, 0.717) is 37.4 Å². The number of benzene rings is 1. The number of nitrogens with zero attached hydrogens (tertiary/aromatic N) is 1. The van der Waals surface area contributed by atoms with Gasteiger partial charge in [0.05, 0.1) is 5.25 Å². The van der Waals surface area contributed by atoms with Crippen LogP contribution >= 0.6 is 0 Å². The number of sulfone groups is 1. The summed E-state index contributed by atoms with van der Waals surface area (Å²) in [6.45, 7) is 0.892. The zero-order valence-corrected chi connectivity index (χ0v) is 15.8. The Kier molecular flexibility index (Phi) is 5.69. The van der Waals surface area contributed by atoms with Gasteiger partial charge in [-0.1, -0.05) is 6.07 Å². The molecule has 1 aromatic carbocycles. The number of amides is 2. The molecule has 1 aromatic rings. The summed E-state index contributed by atoms with van der Waals surface area (Å²) in [6.07, 6.45) is 3.83. The van der Waals surface area contributed by atoms with Gasteiger partial charge >= 0.3 is 0 Å². The smallest absolute Gasteiger partial charge is 0.246 e. The van der Waals surface area contributed by atoms with Gasteiger partial charge in [-0.3, -0.25) is 9.59 Å². The van der Waals surface area contributed by atoms with Crippen LogP contribution in [0.3, 0.4) is 0 Å². The third-order valence-electron chi connectivity index (χ3n) is 4.69. The van der Waals surface area contributed by atoms with Crippen LogP contribution in [0.5, 0.6) is 11.5 Å². The van der Waals surface area contributed by atoms with Gasteiger partial charge in [0.25, 0.3) is 0 Å². The standard InChI is InChI=1S/C18H22N2O6S/c1-19-17(21)11-27(23,24)14-6-8-20(9-7-14)18(22)5-3-13-2-4-15-16(10-13)26-12-25-15/h2-5,10,14H,6-9,11-12H2,1H3,(H,19,21). The van der Waals surface area contributed by atoms with E-state index in [4.69, 9.17) is 9.47 Å². The lowest BCUT2D eigenvalue weighted by Gasteiger charge is -2.30. The van der Waals surface area contributed by atoms with Crippen molar-refractivity contribution >= 4 is 27.7 Å². The molecule has 0 unspecified atom stereocenters. The molecule has 0 aromatic heterocycles. The third-order valence-corrected chi connectivity index (χ3v) is 6.84. The Labute approximate surface area is 158 Å². The zero-order valence-electron chi connectivity index (χ0n) is 15.0. The largest absolute Gasteiger partial charge is 0.454 e. The molecule has 1 N–H and O–H groups in total. The minimum atomic E-state index is -3.50. The number of piperidine rings is 1. The number of hydrogen-bond acceptors (Lipinski definition) is 6. The number of hydrogen-bond donors (Lipinski definition) is 1. The SMILES string of the molecule is CNC(=O)CS(=O)(=O)C1CCN(C(=O)C=Cc2ccc3c(c2)OCO3)CC1. The van der Waals surface area contributed by atoms with Crippen LogP contribution in [0.1, 0.15) is 18.4 Å². The summed E-state index contributed by atoms with van der Waals surface area (Å²) < 4.78 is 35.0. The zero-order chi connectivity index (χ0) is 19.4. The molecule has 2 amide bonds. The van der Waals surface area contributed by atoms with Gasteiger partial charge in [0.1, 0.15) is 5.75 Å². The van der Waals surface area contributed by atoms with Gasteiger partial charge in [0.15, 0.2) is 21.3 Å². The van der Waals surface area contributed by atoms with Crippen molar-refractivity contribution in [2.24, 2.45) is 0 Å². The molecule has 0 saturated carbocycles. The second-order valence-corrected chi connectivity index (χ2v) is 8.73. The highest BCUT2D eigenvalue weighted by atomic mass is 32.2. The van der Waals surface area contributed by atoms with E-state index in [2.05, 4.69) is 5.32 Å². The summed E-state index contributed by atoms with van der Waals surface area (Å²) in [5.41, 5.74) is 0.815. The van der Waals surface area contributed by atoms with Gasteiger partial charge < -0.3 is 19.7 Å². The first-order valence-electron chi connectivity index (χ1n) is 8.68. The summed E-state index contributed by atoms with van der Waals surface area (Å²) >= 11 is 0. The maximum Gasteiger partial charge on any atom is 0.246 e. The molecule has 8 nitrogen and oxygen atoms in total. The maximum absolute atomic E-state index is 12.4. The number of rotatable bonds is 5. The number of fused-ring (bicyclic) bond motifs is 1. The minimum absolute atomic E-state index is 0.171. The Balaban J connectivity index is 1.55. The number of ether oxygens (including phenoxy) is 2. The normalized spacial score (nSPS) is 17.3. The molecule has 1 fully saturated rings. The van der Waals surface area contributed by atoms with E-state index < -0.39 is 26.7 Å². The molecule has 2 heterocycles. The van der Waals surface area contributed by atoms with Gasteiger partial charge in [0.2, 0.25) is 18.6 Å². The summed E-state index contributed by atoms with van der Waals surface area (Å²) in [5, 5.41) is 1.74. The van der Waals surface area contributed by atoms with Crippen LogP contribution in [0.15, 0.2) is 24.3 Å². The lowest BCUT2D eigenvalue weighted by atomic mass is 10.1. The van der Waals surface area contributed by atoms with Crippen molar-refractivity contribution < 1.29 is 27.5 Å². The van der Waals surface area contributed by atoms with E-state index in [1.54, 1.807) is 23.1 Å². The summed E-state index contributed by atoms with van der Waals surface area (Å²) in [4.78, 5) is 25.3. The molecule has 0 bridgehead atoms. The fourth-order valence-electron chi connectivity index (χ4n) is 3.10. The molecule has 9 heteroatoms. The minimum Gasteiger partial charge on any atom is -0.454 e. The van der Waals surface area contributed by atoms with Crippen molar-refractivity contribution in [1.82, 2.24) is 10.2 Å². The summed E-state index contributed by atoms with van der Waals surface area (Å²) in [5.74, 6) is 0.131. The third kappa shape index (κ3) is 4.60. The highest BCUT2D eigenvalue weighted by Crippen LogP contribution is 2.32. The topological polar surface area (TPSA) is 102 Å². The van der Waals surface area contributed by atoms with Crippen molar-refractivity contribution in [2.75, 3.05) is 32.7 Å². The second-order valence-electron chi connectivity index (χ2n) is 6.45. The van der Waals surface area contributed by atoms with Gasteiger partial charge in [-0.25, -0.2) is 8.42 Å². The number of likely N-dealkylation sites (tertiary alicyclic amines) is 1. The molecule has 0 atom stereocenters. The van der Waals surface area contributed by atoms with Crippen molar-refractivity contribution in [3.05, 3.63) is 29.8 Å². The molecular formula is C18H22N2O6S. The predicted octanol–water partition coefficient (Wildman–Crippen LogP) is 0.580. The molecule has 0 radical (unpaired) electrons. The van der Waals surface area contributed by atoms with Crippen LogP contribution in [-0.4, -0.2) is 63.1 Å². The van der Waals surface area contributed by atoms with Gasteiger partial charge in [-0.05, 0) is 36.6 Å². The van der Waals surface area contributed by atoms with Crippen LogP contribution in [0, 0.1) is 0 Å². The number of nitrogens with one attached hydrogen (secondary N) is 1. The van der Waals surface area contributed by atoms with Crippen LogP contribution < -0.4 is 14.8 Å². The van der Waals surface area contributed by atoms with Gasteiger partial charge in [0, 0.05) is 26.2 Å². The first kappa shape index (κ1) is 19.2. The first-order chi connectivity index (χ1) is 12.9. The fourth-order valence-corrected chi connectivity index (χ4v) is 4.77. The molecule has 2 aliphatic heterocycles. The van der Waals surface area contributed by atoms with Gasteiger partial charge in [-0.2, -0.15) is 0 Å². The highest BCUT2D eigenvalue weighted by molar-refractivity contribution is 7.92. The molecule has 146 valence electrons. The van der Waals surface area contributed by atoms with Crippen LogP contribution in [-0.2, 0) is 19.4 Å².